The molecule has 236 valence electrons. The number of aliphatic hydroxyl groups is 1. The molecule has 6 atom stereocenters. The average Bonchev–Trinajstić information content (AvgIpc) is 3.81. The molecule has 44 heavy (non-hydrogen) atoms. The number of carbonyl (C=O) groups is 1. The minimum absolute atomic E-state index is 0.132. The van der Waals surface area contributed by atoms with Crippen LogP contribution in [0, 0.1) is 23.7 Å². The highest BCUT2D eigenvalue weighted by Crippen LogP contribution is 2.47. The van der Waals surface area contributed by atoms with Crippen molar-refractivity contribution in [2.75, 3.05) is 24.6 Å². The Morgan fingerprint density at radius 2 is 1.98 bits per heavy atom. The fourth-order valence-corrected chi connectivity index (χ4v) is 10.1. The monoisotopic (exact) mass is 638 g/mol. The van der Waals surface area contributed by atoms with E-state index in [1.54, 1.807) is 12.1 Å². The van der Waals surface area contributed by atoms with Gasteiger partial charge in [-0.15, -0.1) is 0 Å². The predicted molar refractivity (Wildman–Crippen MR) is 173 cm³/mol. The minimum Gasteiger partial charge on any atom is -0.490 e. The first-order valence-electron chi connectivity index (χ1n) is 16.3. The van der Waals surface area contributed by atoms with Crippen LogP contribution in [0.5, 0.6) is 5.75 Å². The molecule has 2 aromatic rings. The van der Waals surface area contributed by atoms with E-state index >= 15 is 0 Å². The van der Waals surface area contributed by atoms with Crippen LogP contribution in [0.3, 0.4) is 0 Å². The number of carbonyl (C=O) groups excluding carboxylic acids is 1. The van der Waals surface area contributed by atoms with E-state index < -0.39 is 27.3 Å². The Hall–Kier alpha value is -2.55. The summed E-state index contributed by atoms with van der Waals surface area (Å²) in [4.78, 5) is 15.9. The number of hydrogen-bond acceptors (Lipinski definition) is 6. The molecular weight excluding hydrogens is 596 g/mol. The molecular formula is C35H43ClN2O5S. The molecule has 0 radical (unpaired) electrons. The highest BCUT2D eigenvalue weighted by atomic mass is 35.5. The number of halogens is 1. The number of aryl methyl sites for hydroxylation is 1. The first kappa shape index (κ1) is 30.1. The van der Waals surface area contributed by atoms with Crippen molar-refractivity contribution >= 4 is 33.2 Å². The molecule has 5 aliphatic rings. The number of rotatable bonds is 2. The molecule has 0 unspecified atom stereocenters. The summed E-state index contributed by atoms with van der Waals surface area (Å²) >= 11 is 6.41. The van der Waals surface area contributed by atoms with Gasteiger partial charge in [-0.05, 0) is 110 Å². The first-order valence-corrected chi connectivity index (χ1v) is 18.3. The number of benzene rings is 2. The molecule has 2 bridgehead atoms. The van der Waals surface area contributed by atoms with E-state index in [1.807, 2.05) is 31.2 Å². The van der Waals surface area contributed by atoms with Gasteiger partial charge < -0.3 is 14.7 Å². The summed E-state index contributed by atoms with van der Waals surface area (Å²) in [5.74, 6) is 0.716. The number of nitrogens with zero attached hydrogens (tertiary/aromatic N) is 1. The van der Waals surface area contributed by atoms with Crippen molar-refractivity contribution < 1.29 is 23.1 Å². The summed E-state index contributed by atoms with van der Waals surface area (Å²) in [6.07, 6.45) is 11.4. The van der Waals surface area contributed by atoms with Gasteiger partial charge in [-0.25, -0.2) is 13.1 Å². The fraction of sp³-hybridized carbons (Fsp3) is 0.571. The third-order valence-corrected chi connectivity index (χ3v) is 13.2. The number of nitrogens with one attached hydrogen (secondary N) is 1. The number of allylic oxidation sites excluding steroid dienone is 1. The zero-order chi connectivity index (χ0) is 30.6. The largest absolute Gasteiger partial charge is 0.490 e. The van der Waals surface area contributed by atoms with Gasteiger partial charge in [0.25, 0.3) is 5.91 Å². The molecule has 3 aliphatic carbocycles. The Morgan fingerprint density at radius 3 is 2.75 bits per heavy atom. The number of aliphatic hydroxyl groups excluding tert-OH is 1. The van der Waals surface area contributed by atoms with E-state index in [1.165, 1.54) is 11.1 Å². The lowest BCUT2D eigenvalue weighted by Gasteiger charge is -2.45. The van der Waals surface area contributed by atoms with Crippen LogP contribution in [-0.2, 0) is 21.9 Å². The van der Waals surface area contributed by atoms with Crippen molar-refractivity contribution in [3.8, 4) is 5.75 Å². The van der Waals surface area contributed by atoms with E-state index in [-0.39, 0.29) is 23.2 Å². The molecule has 7 rings (SSSR count). The van der Waals surface area contributed by atoms with Crippen LogP contribution in [0.1, 0.15) is 79.8 Å². The summed E-state index contributed by atoms with van der Waals surface area (Å²) < 4.78 is 36.4. The van der Waals surface area contributed by atoms with E-state index in [4.69, 9.17) is 16.3 Å². The van der Waals surface area contributed by atoms with Crippen molar-refractivity contribution in [3.63, 3.8) is 0 Å². The quantitative estimate of drug-likeness (QED) is 0.391. The lowest BCUT2D eigenvalue weighted by molar-refractivity contribution is 0.0455. The maximum absolute atomic E-state index is 13.7. The molecule has 0 saturated heterocycles. The SMILES string of the molecule is C[C@H]1C/C=C\[C@@H](O)[C@@H]2CC[C@H]2CN2C[C@@]3(CCCc4cc(Cl)ccc43)COc3ccc(cc32)C(=O)NS(=O)(=O)[C@@H]1CC1CC1. The Labute approximate surface area is 266 Å². The summed E-state index contributed by atoms with van der Waals surface area (Å²) in [6, 6.07) is 11.5. The fourth-order valence-electron chi connectivity index (χ4n) is 8.15. The lowest BCUT2D eigenvalue weighted by Crippen LogP contribution is -2.49. The molecule has 2 saturated carbocycles. The minimum atomic E-state index is -3.93. The van der Waals surface area contributed by atoms with Crippen molar-refractivity contribution in [1.29, 1.82) is 0 Å². The molecule has 2 aliphatic heterocycles. The van der Waals surface area contributed by atoms with Crippen molar-refractivity contribution in [2.45, 2.75) is 81.5 Å². The number of amides is 1. The molecule has 1 amide bonds. The van der Waals surface area contributed by atoms with Crippen LogP contribution in [-0.4, -0.2) is 50.5 Å². The van der Waals surface area contributed by atoms with Gasteiger partial charge in [0.2, 0.25) is 10.0 Å². The number of anilines is 1. The molecule has 2 aromatic carbocycles. The second-order valence-corrected chi connectivity index (χ2v) is 16.4. The van der Waals surface area contributed by atoms with Crippen LogP contribution in [0.4, 0.5) is 5.69 Å². The number of hydrogen-bond donors (Lipinski definition) is 2. The third kappa shape index (κ3) is 5.78. The van der Waals surface area contributed by atoms with Gasteiger partial charge in [0, 0.05) is 29.1 Å². The summed E-state index contributed by atoms with van der Waals surface area (Å²) in [7, 11) is -3.93. The zero-order valence-electron chi connectivity index (χ0n) is 25.4. The number of sulfonamides is 1. The maximum Gasteiger partial charge on any atom is 0.264 e. The second kappa shape index (κ2) is 11.7. The number of fused-ring (bicyclic) bond motifs is 4. The highest BCUT2D eigenvalue weighted by molar-refractivity contribution is 7.90. The van der Waals surface area contributed by atoms with Gasteiger partial charge in [0.15, 0.2) is 0 Å². The van der Waals surface area contributed by atoms with Gasteiger partial charge in [-0.3, -0.25) is 4.79 Å². The first-order chi connectivity index (χ1) is 21.1. The van der Waals surface area contributed by atoms with E-state index in [9.17, 15) is 18.3 Å². The maximum atomic E-state index is 13.7. The predicted octanol–water partition coefficient (Wildman–Crippen LogP) is 6.02. The molecule has 2 heterocycles. The molecule has 2 N–H and O–H groups in total. The van der Waals surface area contributed by atoms with E-state index in [2.05, 4.69) is 21.8 Å². The number of ether oxygens (including phenoxy) is 1. The van der Waals surface area contributed by atoms with Crippen molar-refractivity contribution in [3.05, 3.63) is 70.3 Å². The Kier molecular flexibility index (Phi) is 7.99. The molecule has 1 spiro atoms. The van der Waals surface area contributed by atoms with Crippen LogP contribution in [0.25, 0.3) is 0 Å². The molecule has 0 aromatic heterocycles. The molecule has 2 fully saturated rings. The second-order valence-electron chi connectivity index (χ2n) is 14.1. The summed E-state index contributed by atoms with van der Waals surface area (Å²) in [5.41, 5.74) is 3.38. The molecule has 9 heteroatoms. The van der Waals surface area contributed by atoms with Gasteiger partial charge >= 0.3 is 0 Å². The van der Waals surface area contributed by atoms with E-state index in [0.29, 0.717) is 43.2 Å². The van der Waals surface area contributed by atoms with E-state index in [0.717, 1.165) is 62.2 Å². The summed E-state index contributed by atoms with van der Waals surface area (Å²) in [6.45, 7) is 3.87. The average molecular weight is 639 g/mol. The van der Waals surface area contributed by atoms with Gasteiger partial charge in [-0.2, -0.15) is 0 Å². The van der Waals surface area contributed by atoms with Gasteiger partial charge in [0.1, 0.15) is 5.75 Å². The smallest absolute Gasteiger partial charge is 0.264 e. The lowest BCUT2D eigenvalue weighted by atomic mass is 9.68. The van der Waals surface area contributed by atoms with Crippen molar-refractivity contribution in [2.24, 2.45) is 23.7 Å². The zero-order valence-corrected chi connectivity index (χ0v) is 27.0. The van der Waals surface area contributed by atoms with Crippen molar-refractivity contribution in [1.82, 2.24) is 4.72 Å². The van der Waals surface area contributed by atoms with Crippen LogP contribution < -0.4 is 14.4 Å². The Balaban J connectivity index is 1.28. The van der Waals surface area contributed by atoms with Crippen LogP contribution >= 0.6 is 11.6 Å². The Morgan fingerprint density at radius 1 is 1.14 bits per heavy atom. The van der Waals surface area contributed by atoms with Gasteiger partial charge in [-0.1, -0.05) is 49.6 Å². The molecule has 7 nitrogen and oxygen atoms in total. The highest BCUT2D eigenvalue weighted by Gasteiger charge is 2.44. The third-order valence-electron chi connectivity index (χ3n) is 11.0. The van der Waals surface area contributed by atoms with Crippen LogP contribution in [0.15, 0.2) is 48.6 Å². The Bertz CT molecular complexity index is 1570. The standard InChI is InChI=1S/C35H43ClN2O5S/c1-22-4-2-6-31(39)28-12-9-26(28)19-38-20-35(15-3-5-24-17-27(36)11-13-29(24)35)21-43-32-14-10-25(18-30(32)38)34(40)37-44(41,42)33(22)16-23-7-8-23/h2,6,10-11,13-14,17-18,22-23,26,28,31,33,39H,3-5,7-9,12,15-16,19-21H2,1H3,(H,37,40)/b6-2-/t22-,26-,28+,31+,33+,35-/m0/s1. The topological polar surface area (TPSA) is 95.9 Å². The van der Waals surface area contributed by atoms with Gasteiger partial charge in [0.05, 0.1) is 23.6 Å². The summed E-state index contributed by atoms with van der Waals surface area (Å²) in [5, 5.41) is 11.3. The van der Waals surface area contributed by atoms with Crippen LogP contribution in [0.2, 0.25) is 5.02 Å². The normalized spacial score (nSPS) is 34.0.